The lowest BCUT2D eigenvalue weighted by molar-refractivity contribution is -0.136. The molecule has 1 saturated heterocycles. The van der Waals surface area contributed by atoms with E-state index in [1.54, 1.807) is 32.0 Å². The Kier molecular flexibility index (Phi) is 5.83. The predicted octanol–water partition coefficient (Wildman–Crippen LogP) is 1.70. The summed E-state index contributed by atoms with van der Waals surface area (Å²) in [4.78, 5) is 24.5. The number of methoxy groups -OCH3 is 1. The minimum atomic E-state index is -3.37. The number of rotatable bonds is 5. The SMILES string of the molecule is COc1ccc(N2CCCS2(=O)=O)cc1NC(=O)C(=O)NCc1cc(C)oc1C. The molecule has 2 heterocycles. The second kappa shape index (κ2) is 8.16. The third-order valence-corrected chi connectivity index (χ3v) is 6.48. The van der Waals surface area contributed by atoms with Gasteiger partial charge in [0.1, 0.15) is 17.3 Å². The number of aryl methyl sites for hydroxylation is 2. The van der Waals surface area contributed by atoms with Crippen molar-refractivity contribution in [2.75, 3.05) is 29.0 Å². The van der Waals surface area contributed by atoms with E-state index in [1.165, 1.54) is 17.5 Å². The van der Waals surface area contributed by atoms with Crippen LogP contribution in [0.5, 0.6) is 5.75 Å². The molecule has 1 fully saturated rings. The van der Waals surface area contributed by atoms with Gasteiger partial charge < -0.3 is 19.8 Å². The fourth-order valence-electron chi connectivity index (χ4n) is 3.17. The van der Waals surface area contributed by atoms with Gasteiger partial charge in [0, 0.05) is 18.7 Å². The summed E-state index contributed by atoms with van der Waals surface area (Å²) >= 11 is 0. The normalized spacial score (nSPS) is 15.2. The molecule has 2 aromatic rings. The molecule has 0 aliphatic carbocycles. The largest absolute Gasteiger partial charge is 0.495 e. The van der Waals surface area contributed by atoms with Gasteiger partial charge in [-0.05, 0) is 44.5 Å². The Morgan fingerprint density at radius 1 is 1.21 bits per heavy atom. The maximum absolute atomic E-state index is 12.3. The maximum atomic E-state index is 12.3. The monoisotopic (exact) mass is 421 g/mol. The van der Waals surface area contributed by atoms with Gasteiger partial charge in [-0.3, -0.25) is 13.9 Å². The van der Waals surface area contributed by atoms with Crippen LogP contribution >= 0.6 is 0 Å². The molecule has 3 rings (SSSR count). The van der Waals surface area contributed by atoms with Gasteiger partial charge >= 0.3 is 11.8 Å². The number of ether oxygens (including phenoxy) is 1. The van der Waals surface area contributed by atoms with Gasteiger partial charge in [0.05, 0.1) is 24.2 Å². The van der Waals surface area contributed by atoms with E-state index < -0.39 is 21.8 Å². The van der Waals surface area contributed by atoms with Crippen molar-refractivity contribution in [1.29, 1.82) is 0 Å². The summed E-state index contributed by atoms with van der Waals surface area (Å²) in [6.07, 6.45) is 0.533. The predicted molar refractivity (Wildman–Crippen MR) is 107 cm³/mol. The topological polar surface area (TPSA) is 118 Å². The van der Waals surface area contributed by atoms with E-state index in [1.807, 2.05) is 0 Å². The quantitative estimate of drug-likeness (QED) is 0.710. The molecule has 0 saturated carbocycles. The minimum Gasteiger partial charge on any atom is -0.495 e. The summed E-state index contributed by atoms with van der Waals surface area (Å²) in [5, 5.41) is 5.02. The Morgan fingerprint density at radius 2 is 1.97 bits per heavy atom. The van der Waals surface area contributed by atoms with Crippen LogP contribution in [0.25, 0.3) is 0 Å². The smallest absolute Gasteiger partial charge is 0.313 e. The lowest BCUT2D eigenvalue weighted by Gasteiger charge is -2.19. The van der Waals surface area contributed by atoms with Crippen molar-refractivity contribution in [3.63, 3.8) is 0 Å². The average molecular weight is 421 g/mol. The summed E-state index contributed by atoms with van der Waals surface area (Å²) in [6.45, 7) is 4.09. The van der Waals surface area contributed by atoms with E-state index in [9.17, 15) is 18.0 Å². The van der Waals surface area contributed by atoms with Crippen LogP contribution in [0.1, 0.15) is 23.5 Å². The Balaban J connectivity index is 1.72. The van der Waals surface area contributed by atoms with Gasteiger partial charge in [0.15, 0.2) is 0 Å². The molecule has 1 aliphatic heterocycles. The van der Waals surface area contributed by atoms with Crippen molar-refractivity contribution in [2.45, 2.75) is 26.8 Å². The molecule has 9 nitrogen and oxygen atoms in total. The zero-order chi connectivity index (χ0) is 21.2. The first-order chi connectivity index (χ1) is 13.7. The fourth-order valence-corrected chi connectivity index (χ4v) is 4.73. The first-order valence-electron chi connectivity index (χ1n) is 9.05. The third kappa shape index (κ3) is 4.53. The summed E-state index contributed by atoms with van der Waals surface area (Å²) in [5.41, 5.74) is 1.40. The van der Waals surface area contributed by atoms with Gasteiger partial charge in [-0.25, -0.2) is 8.42 Å². The lowest BCUT2D eigenvalue weighted by Crippen LogP contribution is -2.35. The summed E-state index contributed by atoms with van der Waals surface area (Å²) in [7, 11) is -1.95. The summed E-state index contributed by atoms with van der Waals surface area (Å²) in [6, 6.07) is 6.42. The van der Waals surface area contributed by atoms with E-state index >= 15 is 0 Å². The summed E-state index contributed by atoms with van der Waals surface area (Å²) < 4.78 is 36.2. The van der Waals surface area contributed by atoms with Gasteiger partial charge in [0.2, 0.25) is 10.0 Å². The van der Waals surface area contributed by atoms with Gasteiger partial charge in [0.25, 0.3) is 0 Å². The van der Waals surface area contributed by atoms with Crippen molar-refractivity contribution in [3.8, 4) is 5.75 Å². The van der Waals surface area contributed by atoms with Crippen LogP contribution in [-0.4, -0.2) is 39.6 Å². The van der Waals surface area contributed by atoms with E-state index in [-0.39, 0.29) is 18.0 Å². The number of nitrogens with zero attached hydrogens (tertiary/aromatic N) is 1. The molecule has 0 unspecified atom stereocenters. The Labute approximate surface area is 169 Å². The number of hydrogen-bond donors (Lipinski definition) is 2. The van der Waals surface area contributed by atoms with Crippen LogP contribution in [0.4, 0.5) is 11.4 Å². The van der Waals surface area contributed by atoms with E-state index in [4.69, 9.17) is 9.15 Å². The van der Waals surface area contributed by atoms with E-state index in [2.05, 4.69) is 10.6 Å². The van der Waals surface area contributed by atoms with Crippen molar-refractivity contribution in [2.24, 2.45) is 0 Å². The zero-order valence-corrected chi connectivity index (χ0v) is 17.3. The maximum Gasteiger partial charge on any atom is 0.313 e. The van der Waals surface area contributed by atoms with Crippen LogP contribution in [0.3, 0.4) is 0 Å². The van der Waals surface area contributed by atoms with Crippen molar-refractivity contribution in [1.82, 2.24) is 5.32 Å². The molecule has 1 aliphatic rings. The average Bonchev–Trinajstić information content (AvgIpc) is 3.19. The fraction of sp³-hybridized carbons (Fsp3) is 0.368. The number of hydrogen-bond acceptors (Lipinski definition) is 6. The first kappa shape index (κ1) is 20.7. The highest BCUT2D eigenvalue weighted by molar-refractivity contribution is 7.93. The van der Waals surface area contributed by atoms with Crippen molar-refractivity contribution in [3.05, 3.63) is 41.3 Å². The molecule has 156 valence electrons. The second-order valence-electron chi connectivity index (χ2n) is 6.70. The highest BCUT2D eigenvalue weighted by Gasteiger charge is 2.29. The number of furan rings is 1. The van der Waals surface area contributed by atoms with Crippen LogP contribution in [0.15, 0.2) is 28.7 Å². The Hall–Kier alpha value is -3.01. The van der Waals surface area contributed by atoms with E-state index in [0.717, 1.165) is 11.3 Å². The number of amides is 2. The molecule has 0 spiro atoms. The number of anilines is 2. The van der Waals surface area contributed by atoms with Crippen LogP contribution in [0, 0.1) is 13.8 Å². The second-order valence-corrected chi connectivity index (χ2v) is 8.71. The number of carbonyl (C=O) groups excluding carboxylic acids is 2. The highest BCUT2D eigenvalue weighted by Crippen LogP contribution is 2.32. The van der Waals surface area contributed by atoms with Crippen LogP contribution in [0.2, 0.25) is 0 Å². The lowest BCUT2D eigenvalue weighted by atomic mass is 10.2. The van der Waals surface area contributed by atoms with Crippen LogP contribution in [-0.2, 0) is 26.2 Å². The highest BCUT2D eigenvalue weighted by atomic mass is 32.2. The molecule has 1 aromatic heterocycles. The molecule has 1 aromatic carbocycles. The molecule has 2 amide bonds. The summed E-state index contributed by atoms with van der Waals surface area (Å²) in [5.74, 6) is 0.0645. The molecule has 2 N–H and O–H groups in total. The molecular formula is C19H23N3O6S. The number of benzene rings is 1. The molecule has 29 heavy (non-hydrogen) atoms. The number of nitrogens with one attached hydrogen (secondary N) is 2. The molecule has 10 heteroatoms. The van der Waals surface area contributed by atoms with E-state index in [0.29, 0.717) is 30.2 Å². The van der Waals surface area contributed by atoms with Crippen LogP contribution < -0.4 is 19.7 Å². The Bertz CT molecular complexity index is 1040. The standard InChI is InChI=1S/C19H23N3O6S/c1-12-9-14(13(2)28-12)11-20-18(23)19(24)21-16-10-15(5-6-17(16)27-3)22-7-4-8-29(22,25)26/h5-6,9-10H,4,7-8,11H2,1-3H3,(H,20,23)(H,21,24). The molecule has 0 atom stereocenters. The minimum absolute atomic E-state index is 0.0794. The van der Waals surface area contributed by atoms with Gasteiger partial charge in [-0.15, -0.1) is 0 Å². The molecule has 0 radical (unpaired) electrons. The molecule has 0 bridgehead atoms. The Morgan fingerprint density at radius 3 is 2.55 bits per heavy atom. The van der Waals surface area contributed by atoms with Crippen molar-refractivity contribution < 1.29 is 27.2 Å². The zero-order valence-electron chi connectivity index (χ0n) is 16.4. The number of carbonyl (C=O) groups is 2. The third-order valence-electron chi connectivity index (χ3n) is 4.61. The number of sulfonamides is 1. The van der Waals surface area contributed by atoms with Gasteiger partial charge in [-0.1, -0.05) is 0 Å². The molecular weight excluding hydrogens is 398 g/mol. The van der Waals surface area contributed by atoms with Crippen molar-refractivity contribution >= 4 is 33.2 Å². The van der Waals surface area contributed by atoms with Gasteiger partial charge in [-0.2, -0.15) is 0 Å². The first-order valence-corrected chi connectivity index (χ1v) is 10.7.